The highest BCUT2D eigenvalue weighted by molar-refractivity contribution is 7.11. The summed E-state index contributed by atoms with van der Waals surface area (Å²) in [4.78, 5) is 17.5. The molecule has 1 amide bonds. The number of hydrogen-bond donors (Lipinski definition) is 2. The van der Waals surface area contributed by atoms with E-state index in [4.69, 9.17) is 0 Å². The summed E-state index contributed by atoms with van der Waals surface area (Å²) in [5, 5.41) is 17.6. The highest BCUT2D eigenvalue weighted by Gasteiger charge is 2.17. The molecule has 0 fully saturated rings. The van der Waals surface area contributed by atoms with Crippen molar-refractivity contribution in [1.29, 1.82) is 0 Å². The van der Waals surface area contributed by atoms with Crippen LogP contribution in [0.4, 0.5) is 4.39 Å². The van der Waals surface area contributed by atoms with E-state index in [1.54, 1.807) is 23.6 Å². The molecule has 0 radical (unpaired) electrons. The van der Waals surface area contributed by atoms with Gasteiger partial charge in [-0.2, -0.15) is 5.10 Å². The van der Waals surface area contributed by atoms with Gasteiger partial charge in [0.2, 0.25) is 0 Å². The average Bonchev–Trinajstić information content (AvgIpc) is 3.13. The number of halogens is 1. The zero-order valence-corrected chi connectivity index (χ0v) is 13.7. The summed E-state index contributed by atoms with van der Waals surface area (Å²) in [6.45, 7) is 2.36. The Kier molecular flexibility index (Phi) is 4.57. The van der Waals surface area contributed by atoms with Gasteiger partial charge < -0.3 is 10.4 Å². The first kappa shape index (κ1) is 16.1. The van der Waals surface area contributed by atoms with E-state index >= 15 is 0 Å². The molecule has 0 aliphatic carbocycles. The molecule has 2 heterocycles. The number of carbonyl (C=O) groups is 1. The lowest BCUT2D eigenvalue weighted by molar-refractivity contribution is 0.0946. The van der Waals surface area contributed by atoms with Gasteiger partial charge in [0.05, 0.1) is 16.9 Å². The molecule has 0 atom stereocenters. The van der Waals surface area contributed by atoms with Crippen LogP contribution >= 0.6 is 11.3 Å². The Labute approximate surface area is 141 Å². The van der Waals surface area contributed by atoms with Gasteiger partial charge in [-0.15, -0.1) is 11.3 Å². The second kappa shape index (κ2) is 6.79. The van der Waals surface area contributed by atoms with Crippen molar-refractivity contribution >= 4 is 17.2 Å². The van der Waals surface area contributed by atoms with Crippen LogP contribution in [0.25, 0.3) is 5.69 Å². The number of carbonyl (C=O) groups excluding carboxylic acids is 1. The van der Waals surface area contributed by atoms with Gasteiger partial charge in [0.1, 0.15) is 5.82 Å². The number of rotatable bonds is 5. The minimum absolute atomic E-state index is 0.102. The zero-order chi connectivity index (χ0) is 17.1. The van der Waals surface area contributed by atoms with Crippen molar-refractivity contribution in [2.24, 2.45) is 0 Å². The summed E-state index contributed by atoms with van der Waals surface area (Å²) in [6.07, 6.45) is 3.66. The molecule has 2 N–H and O–H groups in total. The van der Waals surface area contributed by atoms with Crippen LogP contribution in [0.1, 0.15) is 20.4 Å². The largest absolute Gasteiger partial charge is 0.504 e. The van der Waals surface area contributed by atoms with Gasteiger partial charge in [-0.25, -0.2) is 14.1 Å². The molecule has 0 saturated carbocycles. The Bertz CT molecular complexity index is 875. The van der Waals surface area contributed by atoms with Gasteiger partial charge in [0.15, 0.2) is 11.4 Å². The fourth-order valence-electron chi connectivity index (χ4n) is 2.16. The fourth-order valence-corrected chi connectivity index (χ4v) is 2.95. The molecular formula is C16H15FN4O2S. The van der Waals surface area contributed by atoms with Crippen molar-refractivity contribution in [1.82, 2.24) is 20.1 Å². The number of aromatic hydroxyl groups is 1. The third-order valence-corrected chi connectivity index (χ3v) is 4.25. The van der Waals surface area contributed by atoms with Crippen molar-refractivity contribution in [3.8, 4) is 11.4 Å². The highest BCUT2D eigenvalue weighted by Crippen LogP contribution is 2.18. The molecular weight excluding hydrogens is 331 g/mol. The molecule has 0 saturated heterocycles. The van der Waals surface area contributed by atoms with Crippen molar-refractivity contribution < 1.29 is 14.3 Å². The van der Waals surface area contributed by atoms with Crippen molar-refractivity contribution in [3.05, 3.63) is 58.1 Å². The molecule has 3 rings (SSSR count). The lowest BCUT2D eigenvalue weighted by Crippen LogP contribution is -2.26. The van der Waals surface area contributed by atoms with Crippen LogP contribution in [0.3, 0.4) is 0 Å². The van der Waals surface area contributed by atoms with Crippen LogP contribution in [0.5, 0.6) is 5.75 Å². The number of nitrogens with one attached hydrogen (secondary N) is 1. The first-order valence-corrected chi connectivity index (χ1v) is 8.08. The molecule has 0 spiro atoms. The first-order valence-electron chi connectivity index (χ1n) is 7.27. The maximum atomic E-state index is 13.3. The molecule has 6 nitrogen and oxygen atoms in total. The Morgan fingerprint density at radius 3 is 3.00 bits per heavy atom. The topological polar surface area (TPSA) is 80.0 Å². The molecule has 8 heteroatoms. The number of amides is 1. The summed E-state index contributed by atoms with van der Waals surface area (Å²) in [7, 11) is 0. The maximum absolute atomic E-state index is 13.3. The van der Waals surface area contributed by atoms with Gasteiger partial charge in [0, 0.05) is 24.0 Å². The van der Waals surface area contributed by atoms with Gasteiger partial charge in [-0.3, -0.25) is 4.79 Å². The molecule has 0 bridgehead atoms. The van der Waals surface area contributed by atoms with Gasteiger partial charge >= 0.3 is 0 Å². The highest BCUT2D eigenvalue weighted by atomic mass is 32.1. The Balaban J connectivity index is 1.67. The second-order valence-electron chi connectivity index (χ2n) is 5.16. The van der Waals surface area contributed by atoms with Crippen molar-refractivity contribution in [2.45, 2.75) is 13.3 Å². The van der Waals surface area contributed by atoms with Crippen LogP contribution in [0, 0.1) is 12.7 Å². The zero-order valence-electron chi connectivity index (χ0n) is 12.9. The van der Waals surface area contributed by atoms with Gasteiger partial charge in [0.25, 0.3) is 5.91 Å². The summed E-state index contributed by atoms with van der Waals surface area (Å²) in [5.41, 5.74) is 0.317. The van der Waals surface area contributed by atoms with Crippen LogP contribution in [0.15, 0.2) is 36.7 Å². The molecule has 0 aliphatic heterocycles. The summed E-state index contributed by atoms with van der Waals surface area (Å²) in [5.74, 6) is -1.18. The standard InChI is InChI=1S/C16H15FN4O2S/c1-10-8-19-14(24-10)5-6-18-16(23)15-13(22)9-21(20-15)12-4-2-3-11(17)7-12/h2-4,7-9,22H,5-6H2,1H3,(H,18,23). The van der Waals surface area contributed by atoms with E-state index in [2.05, 4.69) is 15.4 Å². The Hall–Kier alpha value is -2.74. The quantitative estimate of drug-likeness (QED) is 0.744. The molecule has 124 valence electrons. The number of aryl methyl sites for hydroxylation is 1. The Morgan fingerprint density at radius 2 is 2.29 bits per heavy atom. The average molecular weight is 346 g/mol. The molecule has 24 heavy (non-hydrogen) atoms. The fraction of sp³-hybridized carbons (Fsp3) is 0.188. The first-order chi connectivity index (χ1) is 11.5. The predicted molar refractivity (Wildman–Crippen MR) is 88.1 cm³/mol. The van der Waals surface area contributed by atoms with Crippen LogP contribution in [-0.4, -0.2) is 32.3 Å². The minimum Gasteiger partial charge on any atom is -0.504 e. The summed E-state index contributed by atoms with van der Waals surface area (Å²) in [6, 6.07) is 5.72. The van der Waals surface area contributed by atoms with Crippen LogP contribution in [0.2, 0.25) is 0 Å². The number of aromatic nitrogens is 3. The van der Waals surface area contributed by atoms with E-state index in [-0.39, 0.29) is 11.4 Å². The normalized spacial score (nSPS) is 10.8. The number of thiazole rings is 1. The minimum atomic E-state index is -0.490. The lowest BCUT2D eigenvalue weighted by Gasteiger charge is -2.02. The van der Waals surface area contributed by atoms with Crippen molar-refractivity contribution in [2.75, 3.05) is 6.54 Å². The molecule has 1 aromatic carbocycles. The van der Waals surface area contributed by atoms with E-state index in [1.807, 2.05) is 6.92 Å². The summed E-state index contributed by atoms with van der Waals surface area (Å²) >= 11 is 1.57. The number of nitrogens with zero attached hydrogens (tertiary/aromatic N) is 3. The molecule has 0 unspecified atom stereocenters. The summed E-state index contributed by atoms with van der Waals surface area (Å²) < 4.78 is 14.5. The SMILES string of the molecule is Cc1cnc(CCNC(=O)c2nn(-c3cccc(F)c3)cc2O)s1. The smallest absolute Gasteiger partial charge is 0.275 e. The van der Waals surface area contributed by atoms with Gasteiger partial charge in [-0.1, -0.05) is 6.07 Å². The molecule has 2 aromatic heterocycles. The second-order valence-corrected chi connectivity index (χ2v) is 6.48. The predicted octanol–water partition coefficient (Wildman–Crippen LogP) is 2.45. The lowest BCUT2D eigenvalue weighted by atomic mass is 10.3. The van der Waals surface area contributed by atoms with Gasteiger partial charge in [-0.05, 0) is 25.1 Å². The van der Waals surface area contributed by atoms with Crippen molar-refractivity contribution in [3.63, 3.8) is 0 Å². The Morgan fingerprint density at radius 1 is 1.46 bits per heavy atom. The third kappa shape index (κ3) is 3.60. The number of benzene rings is 1. The van der Waals surface area contributed by atoms with E-state index in [1.165, 1.54) is 29.1 Å². The molecule has 0 aliphatic rings. The molecule has 3 aromatic rings. The van der Waals surface area contributed by atoms with E-state index < -0.39 is 11.7 Å². The monoisotopic (exact) mass is 346 g/mol. The number of hydrogen-bond acceptors (Lipinski definition) is 5. The maximum Gasteiger partial charge on any atom is 0.275 e. The van der Waals surface area contributed by atoms with E-state index in [9.17, 15) is 14.3 Å². The third-order valence-electron chi connectivity index (χ3n) is 3.28. The van der Waals surface area contributed by atoms with E-state index in [0.29, 0.717) is 18.7 Å². The van der Waals surface area contributed by atoms with Crippen LogP contribution in [-0.2, 0) is 6.42 Å². The van der Waals surface area contributed by atoms with Crippen LogP contribution < -0.4 is 5.32 Å². The van der Waals surface area contributed by atoms with E-state index in [0.717, 1.165) is 9.88 Å².